The third kappa shape index (κ3) is 2.74. The van der Waals surface area contributed by atoms with Gasteiger partial charge in [0.1, 0.15) is 6.10 Å². The molecule has 0 aromatic carbocycles. The summed E-state index contributed by atoms with van der Waals surface area (Å²) in [5, 5.41) is 4.07. The second kappa shape index (κ2) is 5.39. The Morgan fingerprint density at radius 3 is 2.67 bits per heavy atom. The Hall–Kier alpha value is -0.900. The fraction of sp³-hybridized carbons (Fsp3) is 0.857. The highest BCUT2D eigenvalue weighted by Crippen LogP contribution is 2.39. The third-order valence-corrected chi connectivity index (χ3v) is 3.96. The van der Waals surface area contributed by atoms with Crippen molar-refractivity contribution >= 4 is 0 Å². The zero-order valence-corrected chi connectivity index (χ0v) is 11.1. The summed E-state index contributed by atoms with van der Waals surface area (Å²) in [7, 11) is 0. The van der Waals surface area contributed by atoms with Gasteiger partial charge in [-0.15, -0.1) is 0 Å². The van der Waals surface area contributed by atoms with Crippen molar-refractivity contribution in [2.75, 3.05) is 0 Å². The van der Waals surface area contributed by atoms with E-state index in [2.05, 4.69) is 17.1 Å². The second-order valence-corrected chi connectivity index (χ2v) is 5.56. The van der Waals surface area contributed by atoms with Crippen molar-refractivity contribution in [3.05, 3.63) is 11.7 Å². The van der Waals surface area contributed by atoms with Crippen LogP contribution in [0.25, 0.3) is 0 Å². The molecule has 4 nitrogen and oxygen atoms in total. The molecule has 1 aromatic rings. The number of rotatable bonds is 5. The van der Waals surface area contributed by atoms with Crippen LogP contribution in [0.1, 0.15) is 82.0 Å². The molecule has 18 heavy (non-hydrogen) atoms. The molecule has 0 spiro atoms. The Morgan fingerprint density at radius 2 is 2.00 bits per heavy atom. The molecular formula is C14H22N2O2. The minimum Gasteiger partial charge on any atom is -0.365 e. The van der Waals surface area contributed by atoms with Crippen molar-refractivity contribution in [1.29, 1.82) is 0 Å². The summed E-state index contributed by atoms with van der Waals surface area (Å²) in [4.78, 5) is 4.51. The van der Waals surface area contributed by atoms with Crippen molar-refractivity contribution in [1.82, 2.24) is 10.1 Å². The van der Waals surface area contributed by atoms with Gasteiger partial charge in [-0.3, -0.25) is 0 Å². The molecule has 1 atom stereocenters. The summed E-state index contributed by atoms with van der Waals surface area (Å²) in [6.45, 7) is 2.12. The molecule has 1 heterocycles. The van der Waals surface area contributed by atoms with Gasteiger partial charge in [-0.05, 0) is 32.1 Å². The summed E-state index contributed by atoms with van der Waals surface area (Å²) in [6.07, 6.45) is 9.99. The quantitative estimate of drug-likeness (QED) is 0.798. The molecule has 1 aromatic heterocycles. The SMILES string of the molecule is CCC(OC1CCCCC1)c1nc(C2CC2)no1. The number of ether oxygens (including phenoxy) is 1. The van der Waals surface area contributed by atoms with Crippen molar-refractivity contribution in [3.8, 4) is 0 Å². The first kappa shape index (κ1) is 12.2. The van der Waals surface area contributed by atoms with Crippen LogP contribution >= 0.6 is 0 Å². The van der Waals surface area contributed by atoms with Crippen molar-refractivity contribution in [2.24, 2.45) is 0 Å². The Balaban J connectivity index is 1.62. The van der Waals surface area contributed by atoms with E-state index in [4.69, 9.17) is 9.26 Å². The standard InChI is InChI=1S/C14H22N2O2/c1-2-12(17-11-6-4-3-5-7-11)14-15-13(16-18-14)10-8-9-10/h10-12H,2-9H2,1H3. The smallest absolute Gasteiger partial charge is 0.255 e. The maximum atomic E-state index is 6.14. The first-order chi connectivity index (χ1) is 8.86. The van der Waals surface area contributed by atoms with Gasteiger partial charge in [0.25, 0.3) is 5.89 Å². The van der Waals surface area contributed by atoms with Crippen molar-refractivity contribution in [3.63, 3.8) is 0 Å². The lowest BCUT2D eigenvalue weighted by Crippen LogP contribution is -2.19. The van der Waals surface area contributed by atoms with Gasteiger partial charge in [-0.2, -0.15) is 4.98 Å². The van der Waals surface area contributed by atoms with Gasteiger partial charge in [0.2, 0.25) is 0 Å². The van der Waals surface area contributed by atoms with E-state index < -0.39 is 0 Å². The van der Waals surface area contributed by atoms with E-state index in [1.54, 1.807) is 0 Å². The summed E-state index contributed by atoms with van der Waals surface area (Å²) in [5.74, 6) is 2.12. The van der Waals surface area contributed by atoms with Crippen LogP contribution < -0.4 is 0 Å². The number of aromatic nitrogens is 2. The normalized spacial score (nSPS) is 23.2. The number of hydrogen-bond donors (Lipinski definition) is 0. The fourth-order valence-electron chi connectivity index (χ4n) is 2.65. The highest BCUT2D eigenvalue weighted by atomic mass is 16.5. The van der Waals surface area contributed by atoms with Crippen LogP contribution in [0.3, 0.4) is 0 Å². The lowest BCUT2D eigenvalue weighted by atomic mass is 9.97. The zero-order chi connectivity index (χ0) is 12.4. The lowest BCUT2D eigenvalue weighted by Gasteiger charge is -2.25. The molecule has 1 unspecified atom stereocenters. The first-order valence-electron chi connectivity index (χ1n) is 7.35. The molecule has 0 saturated heterocycles. The highest BCUT2D eigenvalue weighted by Gasteiger charge is 2.31. The molecular weight excluding hydrogens is 228 g/mol. The molecule has 0 N–H and O–H groups in total. The molecule has 0 aliphatic heterocycles. The molecule has 0 radical (unpaired) electrons. The summed E-state index contributed by atoms with van der Waals surface area (Å²) >= 11 is 0. The molecule has 4 heteroatoms. The van der Waals surface area contributed by atoms with Crippen LogP contribution in [-0.2, 0) is 4.74 Å². The topological polar surface area (TPSA) is 48.2 Å². The number of hydrogen-bond acceptors (Lipinski definition) is 4. The van der Waals surface area contributed by atoms with Gasteiger partial charge in [0, 0.05) is 5.92 Å². The zero-order valence-electron chi connectivity index (χ0n) is 11.1. The van der Waals surface area contributed by atoms with E-state index >= 15 is 0 Å². The highest BCUT2D eigenvalue weighted by molar-refractivity contribution is 5.04. The Morgan fingerprint density at radius 1 is 1.22 bits per heavy atom. The molecule has 100 valence electrons. The Bertz CT molecular complexity index is 381. The van der Waals surface area contributed by atoms with Gasteiger partial charge < -0.3 is 9.26 Å². The van der Waals surface area contributed by atoms with Gasteiger partial charge in [-0.25, -0.2) is 0 Å². The Kier molecular flexibility index (Phi) is 3.64. The molecule has 2 aliphatic carbocycles. The summed E-state index contributed by atoms with van der Waals surface area (Å²) in [5.41, 5.74) is 0. The van der Waals surface area contributed by atoms with E-state index in [1.807, 2.05) is 0 Å². The molecule has 2 saturated carbocycles. The van der Waals surface area contributed by atoms with E-state index in [9.17, 15) is 0 Å². The maximum Gasteiger partial charge on any atom is 0.255 e. The molecule has 3 rings (SSSR count). The minimum absolute atomic E-state index is 0.00639. The van der Waals surface area contributed by atoms with Gasteiger partial charge >= 0.3 is 0 Å². The van der Waals surface area contributed by atoms with Crippen LogP contribution in [0.4, 0.5) is 0 Å². The van der Waals surface area contributed by atoms with Gasteiger partial charge in [0.05, 0.1) is 6.10 Å². The fourth-order valence-corrected chi connectivity index (χ4v) is 2.65. The molecule has 0 bridgehead atoms. The van der Waals surface area contributed by atoms with Crippen molar-refractivity contribution < 1.29 is 9.26 Å². The molecule has 2 fully saturated rings. The van der Waals surface area contributed by atoms with Crippen LogP contribution in [0, 0.1) is 0 Å². The van der Waals surface area contributed by atoms with Crippen molar-refractivity contribution in [2.45, 2.75) is 76.4 Å². The van der Waals surface area contributed by atoms with Crippen LogP contribution in [0.2, 0.25) is 0 Å². The van der Waals surface area contributed by atoms with E-state index in [1.165, 1.54) is 44.9 Å². The largest absolute Gasteiger partial charge is 0.365 e. The second-order valence-electron chi connectivity index (χ2n) is 5.56. The average molecular weight is 250 g/mol. The number of nitrogens with zero attached hydrogens (tertiary/aromatic N) is 2. The molecule has 2 aliphatic rings. The summed E-state index contributed by atoms with van der Waals surface area (Å²) in [6, 6.07) is 0. The lowest BCUT2D eigenvalue weighted by molar-refractivity contribution is -0.0468. The van der Waals surface area contributed by atoms with Crippen LogP contribution in [-0.4, -0.2) is 16.2 Å². The predicted molar refractivity (Wildman–Crippen MR) is 67.3 cm³/mol. The van der Waals surface area contributed by atoms with Gasteiger partial charge in [-0.1, -0.05) is 31.3 Å². The van der Waals surface area contributed by atoms with Crippen LogP contribution in [0.5, 0.6) is 0 Å². The van der Waals surface area contributed by atoms with E-state index in [-0.39, 0.29) is 6.10 Å². The molecule has 0 amide bonds. The minimum atomic E-state index is -0.00639. The predicted octanol–water partition coefficient (Wildman–Crippen LogP) is 3.75. The third-order valence-electron chi connectivity index (χ3n) is 3.96. The monoisotopic (exact) mass is 250 g/mol. The summed E-state index contributed by atoms with van der Waals surface area (Å²) < 4.78 is 11.5. The average Bonchev–Trinajstić information content (AvgIpc) is 3.16. The van der Waals surface area contributed by atoms with E-state index in [0.29, 0.717) is 17.9 Å². The Labute approximate surface area is 108 Å². The maximum absolute atomic E-state index is 6.14. The first-order valence-corrected chi connectivity index (χ1v) is 7.35. The van der Waals surface area contributed by atoms with Crippen LogP contribution in [0.15, 0.2) is 4.52 Å². The van der Waals surface area contributed by atoms with E-state index in [0.717, 1.165) is 12.2 Å². The van der Waals surface area contributed by atoms with Gasteiger partial charge in [0.15, 0.2) is 5.82 Å².